The molecule has 2 rings (SSSR count). The second-order valence-corrected chi connectivity index (χ2v) is 3.67. The summed E-state index contributed by atoms with van der Waals surface area (Å²) in [4.78, 5) is 13.9. The monoisotopic (exact) mass is 271 g/mol. The van der Waals surface area contributed by atoms with Crippen molar-refractivity contribution in [3.8, 4) is 0 Å². The van der Waals surface area contributed by atoms with Crippen molar-refractivity contribution >= 4 is 5.97 Å². The van der Waals surface area contributed by atoms with Gasteiger partial charge in [-0.05, 0) is 11.6 Å². The van der Waals surface area contributed by atoms with Crippen molar-refractivity contribution in [1.29, 1.82) is 0 Å². The SMILES string of the molecule is O=C([O-])c1noc(Cc2cccc(C(F)(F)F)c2)n1. The zero-order chi connectivity index (χ0) is 14.0. The Hall–Kier alpha value is -2.38. The van der Waals surface area contributed by atoms with Crippen molar-refractivity contribution < 1.29 is 27.6 Å². The maximum absolute atomic E-state index is 12.5. The van der Waals surface area contributed by atoms with Crippen LogP contribution in [-0.4, -0.2) is 16.1 Å². The lowest BCUT2D eigenvalue weighted by Crippen LogP contribution is -2.23. The summed E-state index contributed by atoms with van der Waals surface area (Å²) in [6.45, 7) is 0. The Morgan fingerprint density at radius 3 is 2.68 bits per heavy atom. The zero-order valence-electron chi connectivity index (χ0n) is 9.27. The van der Waals surface area contributed by atoms with Crippen LogP contribution in [0.5, 0.6) is 0 Å². The minimum absolute atomic E-state index is 0.0931. The largest absolute Gasteiger partial charge is 0.541 e. The highest BCUT2D eigenvalue weighted by Gasteiger charge is 2.30. The molecule has 5 nitrogen and oxygen atoms in total. The summed E-state index contributed by atoms with van der Waals surface area (Å²) in [6, 6.07) is 4.55. The fraction of sp³-hybridized carbons (Fsp3) is 0.182. The molecule has 0 bridgehead atoms. The molecule has 0 saturated carbocycles. The number of hydrogen-bond donors (Lipinski definition) is 0. The number of aromatic carboxylic acids is 1. The van der Waals surface area contributed by atoms with Crippen molar-refractivity contribution in [2.45, 2.75) is 12.6 Å². The van der Waals surface area contributed by atoms with Gasteiger partial charge >= 0.3 is 6.18 Å². The third-order valence-electron chi connectivity index (χ3n) is 2.26. The third-order valence-corrected chi connectivity index (χ3v) is 2.26. The van der Waals surface area contributed by atoms with Crippen LogP contribution in [0.4, 0.5) is 13.2 Å². The second-order valence-electron chi connectivity index (χ2n) is 3.67. The molecule has 1 heterocycles. The van der Waals surface area contributed by atoms with Crippen LogP contribution in [0.25, 0.3) is 0 Å². The highest BCUT2D eigenvalue weighted by atomic mass is 19.4. The van der Waals surface area contributed by atoms with Crippen molar-refractivity contribution in [3.63, 3.8) is 0 Å². The summed E-state index contributed by atoms with van der Waals surface area (Å²) in [5, 5.41) is 13.5. The van der Waals surface area contributed by atoms with Gasteiger partial charge < -0.3 is 14.4 Å². The summed E-state index contributed by atoms with van der Waals surface area (Å²) in [5.74, 6) is -2.35. The molecule has 0 saturated heterocycles. The van der Waals surface area contributed by atoms with Crippen LogP contribution in [0.2, 0.25) is 0 Å². The van der Waals surface area contributed by atoms with Crippen molar-refractivity contribution in [1.82, 2.24) is 10.1 Å². The number of alkyl halides is 3. The van der Waals surface area contributed by atoms with Crippen molar-refractivity contribution in [3.05, 3.63) is 47.1 Å². The maximum Gasteiger partial charge on any atom is 0.416 e. The van der Waals surface area contributed by atoms with Gasteiger partial charge in [-0.2, -0.15) is 18.2 Å². The molecule has 0 fully saturated rings. The molecule has 2 aromatic rings. The average Bonchev–Trinajstić information content (AvgIpc) is 2.77. The van der Waals surface area contributed by atoms with E-state index in [9.17, 15) is 23.1 Å². The molecule has 100 valence electrons. The van der Waals surface area contributed by atoms with Crippen LogP contribution in [0, 0.1) is 0 Å². The number of carboxylic acids is 1. The zero-order valence-corrected chi connectivity index (χ0v) is 9.27. The van der Waals surface area contributed by atoms with E-state index in [4.69, 9.17) is 0 Å². The fourth-order valence-electron chi connectivity index (χ4n) is 1.44. The molecule has 0 spiro atoms. The molecule has 0 unspecified atom stereocenters. The molecule has 1 aromatic carbocycles. The number of halogens is 3. The number of carboxylic acid groups (broad SMARTS) is 1. The molecular weight excluding hydrogens is 265 g/mol. The number of benzene rings is 1. The Balaban J connectivity index is 2.21. The van der Waals surface area contributed by atoms with E-state index in [1.807, 2.05) is 0 Å². The van der Waals surface area contributed by atoms with E-state index in [0.29, 0.717) is 0 Å². The van der Waals surface area contributed by atoms with Gasteiger partial charge in [0, 0.05) is 0 Å². The van der Waals surface area contributed by atoms with Crippen LogP contribution < -0.4 is 5.11 Å². The molecule has 0 radical (unpaired) electrons. The number of rotatable bonds is 3. The van der Waals surface area contributed by atoms with E-state index < -0.39 is 23.5 Å². The van der Waals surface area contributed by atoms with E-state index in [1.54, 1.807) is 0 Å². The molecule has 0 aliphatic carbocycles. The average molecular weight is 271 g/mol. The van der Waals surface area contributed by atoms with Gasteiger partial charge in [-0.15, -0.1) is 0 Å². The van der Waals surface area contributed by atoms with E-state index in [2.05, 4.69) is 14.7 Å². The molecule has 19 heavy (non-hydrogen) atoms. The minimum atomic E-state index is -4.44. The van der Waals surface area contributed by atoms with Crippen LogP contribution >= 0.6 is 0 Å². The molecule has 1 aromatic heterocycles. The highest BCUT2D eigenvalue weighted by Crippen LogP contribution is 2.29. The van der Waals surface area contributed by atoms with E-state index >= 15 is 0 Å². The first-order valence-corrected chi connectivity index (χ1v) is 5.06. The van der Waals surface area contributed by atoms with Gasteiger partial charge in [0.15, 0.2) is 0 Å². The van der Waals surface area contributed by atoms with E-state index in [0.717, 1.165) is 12.1 Å². The first kappa shape index (κ1) is 13.1. The van der Waals surface area contributed by atoms with Gasteiger partial charge in [-0.25, -0.2) is 0 Å². The predicted molar refractivity (Wildman–Crippen MR) is 52.9 cm³/mol. The summed E-state index contributed by atoms with van der Waals surface area (Å²) in [7, 11) is 0. The number of carbonyl (C=O) groups is 1. The number of aromatic nitrogens is 2. The van der Waals surface area contributed by atoms with Gasteiger partial charge in [-0.1, -0.05) is 23.4 Å². The standard InChI is InChI=1S/C11H7F3N2O3/c12-11(13,14)7-3-1-2-6(4-7)5-8-15-9(10(17)18)16-19-8/h1-4H,5H2,(H,17,18)/p-1. The number of carbonyl (C=O) groups excluding carboxylic acids is 1. The van der Waals surface area contributed by atoms with Gasteiger partial charge in [0.05, 0.1) is 12.0 Å². The summed E-state index contributed by atoms with van der Waals surface area (Å²) >= 11 is 0. The van der Waals surface area contributed by atoms with Crippen LogP contribution in [0.1, 0.15) is 27.6 Å². The Labute approximate surface area is 104 Å². The molecule has 0 amide bonds. The van der Waals surface area contributed by atoms with Gasteiger partial charge in [0.2, 0.25) is 11.7 Å². The Kier molecular flexibility index (Phi) is 3.24. The molecule has 0 aliphatic heterocycles. The first-order valence-electron chi connectivity index (χ1n) is 5.06. The predicted octanol–water partition coefficient (Wildman–Crippen LogP) is 1.04. The fourth-order valence-corrected chi connectivity index (χ4v) is 1.44. The van der Waals surface area contributed by atoms with E-state index in [1.165, 1.54) is 12.1 Å². The third kappa shape index (κ3) is 3.09. The summed E-state index contributed by atoms with van der Waals surface area (Å²) in [5.41, 5.74) is -0.520. The Morgan fingerprint density at radius 1 is 1.37 bits per heavy atom. The van der Waals surface area contributed by atoms with Crippen LogP contribution in [0.3, 0.4) is 0 Å². The second kappa shape index (κ2) is 4.71. The van der Waals surface area contributed by atoms with Crippen molar-refractivity contribution in [2.75, 3.05) is 0 Å². The van der Waals surface area contributed by atoms with Crippen LogP contribution in [0.15, 0.2) is 28.8 Å². The number of nitrogens with zero attached hydrogens (tertiary/aromatic N) is 2. The molecule has 0 atom stereocenters. The molecule has 0 aliphatic rings. The Bertz CT molecular complexity index is 607. The Morgan fingerprint density at radius 2 is 2.11 bits per heavy atom. The van der Waals surface area contributed by atoms with E-state index in [-0.39, 0.29) is 17.9 Å². The molecular formula is C11H6F3N2O3-. The number of hydrogen-bond acceptors (Lipinski definition) is 5. The smallest absolute Gasteiger partial charge is 0.416 e. The summed E-state index contributed by atoms with van der Waals surface area (Å²) in [6.07, 6.45) is -4.54. The lowest BCUT2D eigenvalue weighted by atomic mass is 10.1. The lowest BCUT2D eigenvalue weighted by molar-refractivity contribution is -0.256. The summed E-state index contributed by atoms with van der Waals surface area (Å²) < 4.78 is 42.0. The first-order chi connectivity index (χ1) is 8.86. The normalized spacial score (nSPS) is 11.5. The van der Waals surface area contributed by atoms with Crippen molar-refractivity contribution in [2.24, 2.45) is 0 Å². The van der Waals surface area contributed by atoms with Crippen LogP contribution in [-0.2, 0) is 12.6 Å². The van der Waals surface area contributed by atoms with Gasteiger partial charge in [0.1, 0.15) is 5.97 Å². The lowest BCUT2D eigenvalue weighted by Gasteiger charge is -2.07. The van der Waals surface area contributed by atoms with Gasteiger partial charge in [-0.3, -0.25) is 0 Å². The topological polar surface area (TPSA) is 79.0 Å². The molecule has 0 N–H and O–H groups in total. The minimum Gasteiger partial charge on any atom is -0.541 e. The molecule has 8 heteroatoms. The van der Waals surface area contributed by atoms with Gasteiger partial charge in [0.25, 0.3) is 0 Å². The maximum atomic E-state index is 12.5. The quantitative estimate of drug-likeness (QED) is 0.833. The highest BCUT2D eigenvalue weighted by molar-refractivity contribution is 5.80.